The molecule has 0 aliphatic carbocycles. The van der Waals surface area contributed by atoms with E-state index in [1.165, 1.54) is 7.11 Å². The quantitative estimate of drug-likeness (QED) is 0.774. The van der Waals surface area contributed by atoms with Gasteiger partial charge in [0.2, 0.25) is 0 Å². The zero-order valence-corrected chi connectivity index (χ0v) is 11.3. The molecule has 1 amide bonds. The molecule has 6 heteroatoms. The highest BCUT2D eigenvalue weighted by atomic mass is 16.6. The first-order valence-electron chi connectivity index (χ1n) is 6.46. The molecule has 20 heavy (non-hydrogen) atoms. The summed E-state index contributed by atoms with van der Waals surface area (Å²) in [5.41, 5.74) is 0.891. The maximum Gasteiger partial charge on any atom is 0.408 e. The zero-order valence-electron chi connectivity index (χ0n) is 11.3. The molecule has 6 nitrogen and oxygen atoms in total. The highest BCUT2D eigenvalue weighted by molar-refractivity contribution is 5.81. The standard InChI is InChI=1S/C14H18N2O4/c1-19-13(17)12(11-7-15-8-11)16-14(18)20-9-10-5-3-2-4-6-10/h2-6,11-12,15H,7-9H2,1H3,(H,16,18). The van der Waals surface area contributed by atoms with Crippen molar-refractivity contribution in [1.82, 2.24) is 10.6 Å². The summed E-state index contributed by atoms with van der Waals surface area (Å²) in [6.45, 7) is 1.53. The third kappa shape index (κ3) is 3.71. The zero-order chi connectivity index (χ0) is 14.4. The first-order valence-corrected chi connectivity index (χ1v) is 6.46. The highest BCUT2D eigenvalue weighted by Crippen LogP contribution is 2.11. The Morgan fingerprint density at radius 3 is 2.60 bits per heavy atom. The molecule has 0 aromatic heterocycles. The summed E-state index contributed by atoms with van der Waals surface area (Å²) in [7, 11) is 1.30. The molecular formula is C14H18N2O4. The SMILES string of the molecule is COC(=O)C(NC(=O)OCc1ccccc1)C1CNC1. The summed E-state index contributed by atoms with van der Waals surface area (Å²) in [6, 6.07) is 8.69. The number of amides is 1. The van der Waals surface area contributed by atoms with Crippen molar-refractivity contribution in [3.63, 3.8) is 0 Å². The van der Waals surface area contributed by atoms with Crippen molar-refractivity contribution >= 4 is 12.1 Å². The molecule has 0 bridgehead atoms. The van der Waals surface area contributed by atoms with E-state index in [-0.39, 0.29) is 12.5 Å². The lowest BCUT2D eigenvalue weighted by Crippen LogP contribution is -2.58. The van der Waals surface area contributed by atoms with Crippen molar-refractivity contribution in [2.45, 2.75) is 12.6 Å². The number of rotatable bonds is 5. The van der Waals surface area contributed by atoms with Crippen LogP contribution in [0.25, 0.3) is 0 Å². The van der Waals surface area contributed by atoms with Crippen molar-refractivity contribution in [3.05, 3.63) is 35.9 Å². The number of carbonyl (C=O) groups is 2. The van der Waals surface area contributed by atoms with Gasteiger partial charge in [-0.1, -0.05) is 30.3 Å². The van der Waals surface area contributed by atoms with Crippen molar-refractivity contribution in [3.8, 4) is 0 Å². The number of carbonyl (C=O) groups excluding carboxylic acids is 2. The van der Waals surface area contributed by atoms with E-state index in [0.717, 1.165) is 5.56 Å². The molecule has 2 rings (SSSR count). The molecule has 1 aliphatic rings. The molecule has 1 aliphatic heterocycles. The van der Waals surface area contributed by atoms with Crippen LogP contribution in [0, 0.1) is 5.92 Å². The highest BCUT2D eigenvalue weighted by Gasteiger charge is 2.34. The van der Waals surface area contributed by atoms with Gasteiger partial charge in [-0.3, -0.25) is 0 Å². The van der Waals surface area contributed by atoms with Crippen LogP contribution < -0.4 is 10.6 Å². The minimum Gasteiger partial charge on any atom is -0.467 e. The van der Waals surface area contributed by atoms with E-state index in [9.17, 15) is 9.59 Å². The van der Waals surface area contributed by atoms with Crippen molar-refractivity contribution in [2.75, 3.05) is 20.2 Å². The number of hydrogen-bond acceptors (Lipinski definition) is 5. The molecule has 1 atom stereocenters. The van der Waals surface area contributed by atoms with Crippen LogP contribution in [0.2, 0.25) is 0 Å². The first kappa shape index (κ1) is 14.3. The van der Waals surface area contributed by atoms with Gasteiger partial charge in [-0.05, 0) is 5.56 Å². The summed E-state index contributed by atoms with van der Waals surface area (Å²) in [5.74, 6) is -0.403. The van der Waals surface area contributed by atoms with Crippen LogP contribution in [0.15, 0.2) is 30.3 Å². The predicted molar refractivity (Wildman–Crippen MR) is 71.9 cm³/mol. The van der Waals surface area contributed by atoms with Crippen molar-refractivity contribution in [2.24, 2.45) is 5.92 Å². The lowest BCUT2D eigenvalue weighted by molar-refractivity contribution is -0.145. The Hall–Kier alpha value is -2.08. The molecular weight excluding hydrogens is 260 g/mol. The number of ether oxygens (including phenoxy) is 2. The van der Waals surface area contributed by atoms with Crippen LogP contribution in [0.4, 0.5) is 4.79 Å². The molecule has 1 saturated heterocycles. The van der Waals surface area contributed by atoms with Gasteiger partial charge in [-0.15, -0.1) is 0 Å². The molecule has 108 valence electrons. The van der Waals surface area contributed by atoms with Crippen LogP contribution in [-0.4, -0.2) is 38.3 Å². The fraction of sp³-hybridized carbons (Fsp3) is 0.429. The van der Waals surface area contributed by atoms with Crippen LogP contribution in [0.3, 0.4) is 0 Å². The lowest BCUT2D eigenvalue weighted by atomic mass is 9.94. The minimum absolute atomic E-state index is 0.0479. The monoisotopic (exact) mass is 278 g/mol. The smallest absolute Gasteiger partial charge is 0.408 e. The molecule has 0 radical (unpaired) electrons. The lowest BCUT2D eigenvalue weighted by Gasteiger charge is -2.33. The maximum absolute atomic E-state index is 11.7. The maximum atomic E-state index is 11.7. The van der Waals surface area contributed by atoms with Gasteiger partial charge in [-0.2, -0.15) is 0 Å². The van der Waals surface area contributed by atoms with E-state index >= 15 is 0 Å². The van der Waals surface area contributed by atoms with Crippen molar-refractivity contribution in [1.29, 1.82) is 0 Å². The fourth-order valence-electron chi connectivity index (χ4n) is 1.93. The Labute approximate surface area is 117 Å². The average molecular weight is 278 g/mol. The number of alkyl carbamates (subject to hydrolysis) is 1. The van der Waals surface area contributed by atoms with Crippen LogP contribution in [0.5, 0.6) is 0 Å². The van der Waals surface area contributed by atoms with Gasteiger partial charge in [0.05, 0.1) is 7.11 Å². The molecule has 0 spiro atoms. The molecule has 1 fully saturated rings. The Morgan fingerprint density at radius 2 is 2.05 bits per heavy atom. The summed E-state index contributed by atoms with van der Waals surface area (Å²) >= 11 is 0. The summed E-state index contributed by atoms with van der Waals surface area (Å²) in [6.07, 6.45) is -0.615. The van der Waals surface area contributed by atoms with Gasteiger partial charge in [0.25, 0.3) is 0 Å². The van der Waals surface area contributed by atoms with Gasteiger partial charge in [0, 0.05) is 19.0 Å². The van der Waals surface area contributed by atoms with Gasteiger partial charge >= 0.3 is 12.1 Å². The average Bonchev–Trinajstić information content (AvgIpc) is 2.43. The molecule has 1 aromatic rings. The number of esters is 1. The summed E-state index contributed by atoms with van der Waals surface area (Å²) in [4.78, 5) is 23.4. The molecule has 2 N–H and O–H groups in total. The van der Waals surface area contributed by atoms with Crippen LogP contribution in [-0.2, 0) is 20.9 Å². The van der Waals surface area contributed by atoms with Gasteiger partial charge in [0.1, 0.15) is 12.6 Å². The van der Waals surface area contributed by atoms with E-state index in [1.54, 1.807) is 0 Å². The number of methoxy groups -OCH3 is 1. The second kappa shape index (κ2) is 6.91. The molecule has 1 unspecified atom stereocenters. The van der Waals surface area contributed by atoms with E-state index in [2.05, 4.69) is 10.6 Å². The van der Waals surface area contributed by atoms with E-state index < -0.39 is 18.1 Å². The third-order valence-electron chi connectivity index (χ3n) is 3.23. The first-order chi connectivity index (χ1) is 9.70. The third-order valence-corrected chi connectivity index (χ3v) is 3.23. The van der Waals surface area contributed by atoms with Crippen molar-refractivity contribution < 1.29 is 19.1 Å². The number of benzene rings is 1. The number of hydrogen-bond donors (Lipinski definition) is 2. The summed E-state index contributed by atoms with van der Waals surface area (Å²) in [5, 5.41) is 5.62. The van der Waals surface area contributed by atoms with E-state index in [4.69, 9.17) is 9.47 Å². The predicted octanol–water partition coefficient (Wildman–Crippen LogP) is 0.674. The molecule has 1 aromatic carbocycles. The Morgan fingerprint density at radius 1 is 1.35 bits per heavy atom. The normalized spacial score (nSPS) is 15.8. The Bertz CT molecular complexity index is 460. The topological polar surface area (TPSA) is 76.7 Å². The van der Waals surface area contributed by atoms with Gasteiger partial charge < -0.3 is 20.1 Å². The van der Waals surface area contributed by atoms with Gasteiger partial charge in [0.15, 0.2) is 0 Å². The summed E-state index contributed by atoms with van der Waals surface area (Å²) < 4.78 is 9.79. The largest absolute Gasteiger partial charge is 0.467 e. The second-order valence-corrected chi connectivity index (χ2v) is 4.63. The van der Waals surface area contributed by atoms with Crippen LogP contribution >= 0.6 is 0 Å². The fourth-order valence-corrected chi connectivity index (χ4v) is 1.93. The Balaban J connectivity index is 1.83. The van der Waals surface area contributed by atoms with E-state index in [1.807, 2.05) is 30.3 Å². The van der Waals surface area contributed by atoms with Crippen LogP contribution in [0.1, 0.15) is 5.56 Å². The van der Waals surface area contributed by atoms with E-state index in [0.29, 0.717) is 13.1 Å². The number of nitrogens with one attached hydrogen (secondary N) is 2. The minimum atomic E-state index is -0.662. The molecule has 0 saturated carbocycles. The molecule has 1 heterocycles. The Kier molecular flexibility index (Phi) is 4.95. The van der Waals surface area contributed by atoms with Gasteiger partial charge in [-0.25, -0.2) is 9.59 Å². The second-order valence-electron chi connectivity index (χ2n) is 4.63.